The highest BCUT2D eigenvalue weighted by Crippen LogP contribution is 2.23. The van der Waals surface area contributed by atoms with Crippen LogP contribution in [-0.2, 0) is 11.2 Å². The van der Waals surface area contributed by atoms with Gasteiger partial charge in [-0.05, 0) is 55.4 Å². The van der Waals surface area contributed by atoms with Gasteiger partial charge >= 0.3 is 5.97 Å². The molecule has 3 atom stereocenters. The second kappa shape index (κ2) is 12.5. The lowest BCUT2D eigenvalue weighted by molar-refractivity contribution is -0.127. The maximum atomic E-state index is 12.3. The van der Waals surface area contributed by atoms with Crippen LogP contribution in [0.4, 0.5) is 0 Å². The van der Waals surface area contributed by atoms with E-state index in [0.29, 0.717) is 17.8 Å². The molecular formula is C27H33NO4S. The van der Waals surface area contributed by atoms with E-state index in [-0.39, 0.29) is 17.9 Å². The molecular weight excluding hydrogens is 434 g/mol. The Balaban J connectivity index is 1.44. The van der Waals surface area contributed by atoms with E-state index >= 15 is 0 Å². The molecule has 1 aromatic carbocycles. The fraction of sp³-hybridized carbons (Fsp3) is 0.407. The summed E-state index contributed by atoms with van der Waals surface area (Å²) >= 11 is 1.21. The van der Waals surface area contributed by atoms with E-state index in [0.717, 1.165) is 37.0 Å². The van der Waals surface area contributed by atoms with E-state index in [1.165, 1.54) is 16.9 Å². The predicted molar refractivity (Wildman–Crippen MR) is 133 cm³/mol. The van der Waals surface area contributed by atoms with E-state index in [1.807, 2.05) is 35.3 Å². The van der Waals surface area contributed by atoms with Gasteiger partial charge in [0.15, 0.2) is 0 Å². The topological polar surface area (TPSA) is 77.8 Å². The number of aryl methyl sites for hydroxylation is 1. The zero-order valence-corrected chi connectivity index (χ0v) is 19.9. The molecule has 1 fully saturated rings. The minimum absolute atomic E-state index is 0.0139. The third-order valence-corrected chi connectivity index (χ3v) is 7.17. The number of unbranched alkanes of at least 4 members (excludes halogenated alkanes) is 1. The molecule has 1 aliphatic rings. The molecule has 5 nitrogen and oxygen atoms in total. The number of rotatable bonds is 12. The molecule has 2 aromatic rings. The summed E-state index contributed by atoms with van der Waals surface area (Å²) in [6, 6.07) is 13.8. The van der Waals surface area contributed by atoms with Gasteiger partial charge in [-0.1, -0.05) is 61.9 Å². The van der Waals surface area contributed by atoms with E-state index in [1.54, 1.807) is 12.1 Å². The Bertz CT molecular complexity index is 966. The van der Waals surface area contributed by atoms with Crippen molar-refractivity contribution >= 4 is 29.3 Å². The maximum absolute atomic E-state index is 12.3. The van der Waals surface area contributed by atoms with Gasteiger partial charge in [0.1, 0.15) is 4.88 Å². The van der Waals surface area contributed by atoms with Crippen molar-refractivity contribution in [3.05, 3.63) is 76.0 Å². The Hall–Kier alpha value is -2.70. The lowest BCUT2D eigenvalue weighted by atomic mass is 9.95. The highest BCUT2D eigenvalue weighted by Gasteiger charge is 2.28. The van der Waals surface area contributed by atoms with E-state index in [4.69, 9.17) is 5.11 Å². The largest absolute Gasteiger partial charge is 0.477 e. The molecule has 1 amide bonds. The van der Waals surface area contributed by atoms with Crippen LogP contribution in [0.15, 0.2) is 60.7 Å². The Morgan fingerprint density at radius 3 is 2.73 bits per heavy atom. The number of carbonyl (C=O) groups is 2. The Morgan fingerprint density at radius 1 is 1.21 bits per heavy atom. The molecule has 0 saturated carbocycles. The standard InChI is InChI=1S/C27H33NO4S/c1-20(8-5-6-11-21-9-3-2-4-10-21)24(29)16-13-22-14-18-26(30)28(22)19-7-12-23-15-17-25(33-23)27(31)32/h2-4,7,9-10,12-13,15-17,20,22,24,29H,5-6,8,11,14,18-19H2,1H3,(H,31,32)/b12-7?,16-13-/t20-,22-,24-/m0/s1. The molecule has 2 heterocycles. The van der Waals surface area contributed by atoms with Gasteiger partial charge in [-0.15, -0.1) is 11.3 Å². The second-order valence-electron chi connectivity index (χ2n) is 8.65. The van der Waals surface area contributed by atoms with Crippen LogP contribution in [0.1, 0.15) is 59.1 Å². The lowest BCUT2D eigenvalue weighted by Gasteiger charge is -2.22. The van der Waals surface area contributed by atoms with Crippen LogP contribution in [0.2, 0.25) is 0 Å². The summed E-state index contributed by atoms with van der Waals surface area (Å²) in [6.45, 7) is 2.55. The molecule has 1 aromatic heterocycles. The molecule has 3 rings (SSSR count). The zero-order chi connectivity index (χ0) is 23.6. The van der Waals surface area contributed by atoms with Crippen LogP contribution >= 0.6 is 11.3 Å². The Morgan fingerprint density at radius 2 is 2.00 bits per heavy atom. The summed E-state index contributed by atoms with van der Waals surface area (Å²) in [4.78, 5) is 26.3. The smallest absolute Gasteiger partial charge is 0.345 e. The molecule has 176 valence electrons. The molecule has 0 unspecified atom stereocenters. The molecule has 1 aliphatic heterocycles. The Kier molecular flexibility index (Phi) is 9.46. The number of carboxylic acid groups (broad SMARTS) is 1. The summed E-state index contributed by atoms with van der Waals surface area (Å²) in [7, 11) is 0. The monoisotopic (exact) mass is 467 g/mol. The zero-order valence-electron chi connectivity index (χ0n) is 19.1. The van der Waals surface area contributed by atoms with Crippen molar-refractivity contribution in [3.63, 3.8) is 0 Å². The van der Waals surface area contributed by atoms with Crippen molar-refractivity contribution in [1.82, 2.24) is 4.90 Å². The molecule has 0 spiro atoms. The van der Waals surface area contributed by atoms with Crippen LogP contribution < -0.4 is 0 Å². The number of hydrogen-bond acceptors (Lipinski definition) is 4. The number of thiophene rings is 1. The number of hydrogen-bond donors (Lipinski definition) is 2. The number of aliphatic hydroxyl groups is 1. The molecule has 2 N–H and O–H groups in total. The third-order valence-electron chi connectivity index (χ3n) is 6.13. The van der Waals surface area contributed by atoms with Crippen LogP contribution in [0.3, 0.4) is 0 Å². The fourth-order valence-electron chi connectivity index (χ4n) is 4.08. The van der Waals surface area contributed by atoms with E-state index in [9.17, 15) is 14.7 Å². The number of likely N-dealkylation sites (tertiary alicyclic amines) is 1. The van der Waals surface area contributed by atoms with Crippen molar-refractivity contribution in [2.45, 2.75) is 57.6 Å². The normalized spacial score (nSPS) is 18.4. The van der Waals surface area contributed by atoms with E-state index in [2.05, 4.69) is 31.2 Å². The van der Waals surface area contributed by atoms with Gasteiger partial charge in [-0.3, -0.25) is 4.79 Å². The number of aliphatic hydroxyl groups excluding tert-OH is 1. The van der Waals surface area contributed by atoms with Crippen LogP contribution in [-0.4, -0.2) is 45.7 Å². The fourth-order valence-corrected chi connectivity index (χ4v) is 4.85. The summed E-state index contributed by atoms with van der Waals surface area (Å²) < 4.78 is 0. The first-order chi connectivity index (χ1) is 15.9. The first-order valence-corrected chi connectivity index (χ1v) is 12.4. The average molecular weight is 468 g/mol. The first-order valence-electron chi connectivity index (χ1n) is 11.6. The van der Waals surface area contributed by atoms with E-state index < -0.39 is 12.1 Å². The second-order valence-corrected chi connectivity index (χ2v) is 9.76. The molecule has 0 bridgehead atoms. The number of amides is 1. The predicted octanol–water partition coefficient (Wildman–Crippen LogP) is 5.42. The van der Waals surface area contributed by atoms with Crippen molar-refractivity contribution < 1.29 is 19.8 Å². The highest BCUT2D eigenvalue weighted by atomic mass is 32.1. The van der Waals surface area contributed by atoms with Crippen LogP contribution in [0.25, 0.3) is 6.08 Å². The summed E-state index contributed by atoms with van der Waals surface area (Å²) in [5, 5.41) is 19.6. The minimum atomic E-state index is -0.927. The molecule has 0 aliphatic carbocycles. The number of benzene rings is 1. The van der Waals surface area contributed by atoms with Crippen molar-refractivity contribution in [2.24, 2.45) is 5.92 Å². The number of carboxylic acids is 1. The summed E-state index contributed by atoms with van der Waals surface area (Å²) in [5.41, 5.74) is 1.35. The molecule has 1 saturated heterocycles. The number of carbonyl (C=O) groups excluding carboxylic acids is 1. The van der Waals surface area contributed by atoms with Crippen molar-refractivity contribution in [1.29, 1.82) is 0 Å². The van der Waals surface area contributed by atoms with Gasteiger partial charge in [0.2, 0.25) is 5.91 Å². The Labute approximate surface area is 200 Å². The minimum Gasteiger partial charge on any atom is -0.477 e. The van der Waals surface area contributed by atoms with Gasteiger partial charge < -0.3 is 15.1 Å². The van der Waals surface area contributed by atoms with Gasteiger partial charge in [-0.2, -0.15) is 0 Å². The number of nitrogens with zero attached hydrogens (tertiary/aromatic N) is 1. The lowest BCUT2D eigenvalue weighted by Crippen LogP contribution is -2.32. The molecule has 6 heteroatoms. The number of aromatic carboxylic acids is 1. The van der Waals surface area contributed by atoms with Crippen molar-refractivity contribution in [3.8, 4) is 0 Å². The molecule has 33 heavy (non-hydrogen) atoms. The van der Waals surface area contributed by atoms with Crippen molar-refractivity contribution in [2.75, 3.05) is 6.54 Å². The van der Waals surface area contributed by atoms with Crippen LogP contribution in [0.5, 0.6) is 0 Å². The quantitative estimate of drug-likeness (QED) is 0.323. The maximum Gasteiger partial charge on any atom is 0.345 e. The molecule has 0 radical (unpaired) electrons. The average Bonchev–Trinajstić information content (AvgIpc) is 3.43. The summed E-state index contributed by atoms with van der Waals surface area (Å²) in [6.07, 6.45) is 12.5. The van der Waals surface area contributed by atoms with Gasteiger partial charge in [0.25, 0.3) is 0 Å². The van der Waals surface area contributed by atoms with Gasteiger partial charge in [0.05, 0.1) is 12.1 Å². The SMILES string of the molecule is C[C@@H](CCCCc1ccccc1)[C@@H](O)/C=C\[C@H]1CCC(=O)N1CC=Cc1ccc(C(=O)O)s1. The van der Waals surface area contributed by atoms with Gasteiger partial charge in [-0.25, -0.2) is 4.79 Å². The third kappa shape index (κ3) is 7.69. The first kappa shape index (κ1) is 24.9. The van der Waals surface area contributed by atoms with Crippen LogP contribution in [0, 0.1) is 5.92 Å². The summed E-state index contributed by atoms with van der Waals surface area (Å²) in [5.74, 6) is -0.650. The van der Waals surface area contributed by atoms with Gasteiger partial charge in [0, 0.05) is 17.8 Å². The highest BCUT2D eigenvalue weighted by molar-refractivity contribution is 7.14.